The fourth-order valence-corrected chi connectivity index (χ4v) is 3.04. The van der Waals surface area contributed by atoms with Crippen molar-refractivity contribution >= 4 is 10.0 Å². The quantitative estimate of drug-likeness (QED) is 0.776. The maximum absolute atomic E-state index is 11.6. The third-order valence-corrected chi connectivity index (χ3v) is 4.88. The van der Waals surface area contributed by atoms with Crippen LogP contribution in [0.2, 0.25) is 0 Å². The van der Waals surface area contributed by atoms with Gasteiger partial charge in [0.15, 0.2) is 5.25 Å². The Bertz CT molecular complexity index is 352. The van der Waals surface area contributed by atoms with Crippen molar-refractivity contribution in [3.63, 3.8) is 0 Å². The van der Waals surface area contributed by atoms with Crippen LogP contribution in [-0.4, -0.2) is 20.2 Å². The van der Waals surface area contributed by atoms with Crippen LogP contribution in [0.15, 0.2) is 0 Å². The number of nitriles is 1. The van der Waals surface area contributed by atoms with E-state index in [2.05, 4.69) is 11.6 Å². The van der Waals surface area contributed by atoms with Crippen LogP contribution in [0.3, 0.4) is 0 Å². The smallest absolute Gasteiger partial charge is 0.214 e. The molecule has 1 aliphatic carbocycles. The molecule has 1 N–H and O–H groups in total. The first-order valence-corrected chi connectivity index (χ1v) is 6.86. The van der Waals surface area contributed by atoms with Crippen molar-refractivity contribution in [3.8, 4) is 6.07 Å². The second kappa shape index (κ2) is 4.50. The molecule has 0 saturated heterocycles. The van der Waals surface area contributed by atoms with Crippen LogP contribution in [0.4, 0.5) is 0 Å². The summed E-state index contributed by atoms with van der Waals surface area (Å²) >= 11 is 0. The van der Waals surface area contributed by atoms with E-state index < -0.39 is 15.3 Å². The monoisotopic (exact) mass is 230 g/mol. The van der Waals surface area contributed by atoms with Crippen LogP contribution in [0.1, 0.15) is 39.5 Å². The zero-order valence-electron chi connectivity index (χ0n) is 9.28. The van der Waals surface area contributed by atoms with E-state index in [0.717, 1.165) is 12.8 Å². The number of hydrogen-bond donors (Lipinski definition) is 1. The van der Waals surface area contributed by atoms with Gasteiger partial charge in [-0.3, -0.25) is 0 Å². The van der Waals surface area contributed by atoms with Gasteiger partial charge < -0.3 is 0 Å². The largest absolute Gasteiger partial charge is 0.227 e. The molecule has 4 nitrogen and oxygen atoms in total. The number of rotatable bonds is 5. The molecule has 1 fully saturated rings. The van der Waals surface area contributed by atoms with Crippen molar-refractivity contribution in [1.82, 2.24) is 4.72 Å². The van der Waals surface area contributed by atoms with Crippen molar-refractivity contribution < 1.29 is 8.42 Å². The van der Waals surface area contributed by atoms with E-state index in [1.807, 2.05) is 6.07 Å². The predicted molar refractivity (Wildman–Crippen MR) is 58.6 cm³/mol. The molecule has 0 aliphatic heterocycles. The molecule has 1 aliphatic rings. The highest BCUT2D eigenvalue weighted by atomic mass is 32.2. The lowest BCUT2D eigenvalue weighted by Crippen LogP contribution is -2.43. The Morgan fingerprint density at radius 2 is 2.13 bits per heavy atom. The summed E-state index contributed by atoms with van der Waals surface area (Å²) in [5.74, 6) is 0. The summed E-state index contributed by atoms with van der Waals surface area (Å²) in [6.07, 6.45) is 3.65. The van der Waals surface area contributed by atoms with Gasteiger partial charge >= 0.3 is 0 Å². The Morgan fingerprint density at radius 1 is 1.53 bits per heavy atom. The van der Waals surface area contributed by atoms with Gasteiger partial charge in [-0.2, -0.15) is 5.26 Å². The highest BCUT2D eigenvalue weighted by Gasteiger charge is 2.34. The van der Waals surface area contributed by atoms with E-state index >= 15 is 0 Å². The fraction of sp³-hybridized carbons (Fsp3) is 0.900. The van der Waals surface area contributed by atoms with Gasteiger partial charge in [0.2, 0.25) is 10.0 Å². The minimum atomic E-state index is -3.44. The van der Waals surface area contributed by atoms with Crippen molar-refractivity contribution in [2.24, 2.45) is 5.41 Å². The van der Waals surface area contributed by atoms with Gasteiger partial charge in [-0.15, -0.1) is 0 Å². The van der Waals surface area contributed by atoms with E-state index in [4.69, 9.17) is 5.26 Å². The lowest BCUT2D eigenvalue weighted by Gasteiger charge is -2.38. The molecular weight excluding hydrogens is 212 g/mol. The van der Waals surface area contributed by atoms with Crippen molar-refractivity contribution in [2.75, 3.05) is 6.54 Å². The number of nitrogens with zero attached hydrogens (tertiary/aromatic N) is 1. The Morgan fingerprint density at radius 3 is 2.47 bits per heavy atom. The van der Waals surface area contributed by atoms with Crippen LogP contribution in [0.25, 0.3) is 0 Å². The minimum absolute atomic E-state index is 0.112. The molecule has 0 aromatic rings. The first kappa shape index (κ1) is 12.5. The first-order chi connectivity index (χ1) is 6.93. The van der Waals surface area contributed by atoms with Crippen LogP contribution in [-0.2, 0) is 10.0 Å². The molecule has 0 heterocycles. The molecule has 0 amide bonds. The van der Waals surface area contributed by atoms with Crippen molar-refractivity contribution in [1.29, 1.82) is 5.26 Å². The van der Waals surface area contributed by atoms with Crippen molar-refractivity contribution in [2.45, 2.75) is 44.8 Å². The molecule has 15 heavy (non-hydrogen) atoms. The van der Waals surface area contributed by atoms with E-state index in [-0.39, 0.29) is 5.41 Å². The molecule has 5 heteroatoms. The average molecular weight is 230 g/mol. The third kappa shape index (κ3) is 2.93. The summed E-state index contributed by atoms with van der Waals surface area (Å²) in [5.41, 5.74) is 0.112. The third-order valence-electron chi connectivity index (χ3n) is 3.15. The lowest BCUT2D eigenvalue weighted by atomic mass is 9.71. The second-order valence-corrected chi connectivity index (χ2v) is 6.50. The van der Waals surface area contributed by atoms with E-state index in [1.165, 1.54) is 6.42 Å². The van der Waals surface area contributed by atoms with Crippen LogP contribution in [0, 0.1) is 16.7 Å². The first-order valence-electron chi connectivity index (χ1n) is 5.32. The number of sulfonamides is 1. The van der Waals surface area contributed by atoms with Gasteiger partial charge in [-0.05, 0) is 24.7 Å². The number of hydrogen-bond acceptors (Lipinski definition) is 3. The molecule has 0 bridgehead atoms. The molecule has 0 aromatic carbocycles. The SMILES string of the molecule is CCC(C#N)S(=O)(=O)NCC1(C)CCC1. The summed E-state index contributed by atoms with van der Waals surface area (Å²) in [7, 11) is -3.44. The van der Waals surface area contributed by atoms with Gasteiger partial charge in [-0.25, -0.2) is 13.1 Å². The summed E-state index contributed by atoms with van der Waals surface area (Å²) in [5, 5.41) is 7.78. The van der Waals surface area contributed by atoms with Crippen LogP contribution in [0.5, 0.6) is 0 Å². The molecular formula is C10H18N2O2S. The normalized spacial score (nSPS) is 21.4. The lowest BCUT2D eigenvalue weighted by molar-refractivity contribution is 0.166. The van der Waals surface area contributed by atoms with Gasteiger partial charge in [0.05, 0.1) is 6.07 Å². The van der Waals surface area contributed by atoms with Crippen LogP contribution < -0.4 is 4.72 Å². The maximum atomic E-state index is 11.6. The van der Waals surface area contributed by atoms with E-state index in [1.54, 1.807) is 6.92 Å². The highest BCUT2D eigenvalue weighted by Crippen LogP contribution is 2.39. The molecule has 0 aromatic heterocycles. The minimum Gasteiger partial charge on any atom is -0.214 e. The van der Waals surface area contributed by atoms with Gasteiger partial charge in [0.1, 0.15) is 0 Å². The van der Waals surface area contributed by atoms with Crippen LogP contribution >= 0.6 is 0 Å². The van der Waals surface area contributed by atoms with Gasteiger partial charge in [-0.1, -0.05) is 20.3 Å². The summed E-state index contributed by atoms with van der Waals surface area (Å²) < 4.78 is 25.8. The van der Waals surface area contributed by atoms with Gasteiger partial charge in [0, 0.05) is 6.54 Å². The fourth-order valence-electron chi connectivity index (χ4n) is 1.71. The second-order valence-electron chi connectivity index (χ2n) is 4.56. The van der Waals surface area contributed by atoms with E-state index in [9.17, 15) is 8.42 Å². The van der Waals surface area contributed by atoms with Crippen molar-refractivity contribution in [3.05, 3.63) is 0 Å². The summed E-state index contributed by atoms with van der Waals surface area (Å²) in [6, 6.07) is 1.81. The zero-order valence-corrected chi connectivity index (χ0v) is 10.1. The summed E-state index contributed by atoms with van der Waals surface area (Å²) in [6.45, 7) is 4.25. The number of nitrogens with one attached hydrogen (secondary N) is 1. The Labute approximate surface area is 91.7 Å². The Balaban J connectivity index is 2.53. The molecule has 0 radical (unpaired) electrons. The standard InChI is InChI=1S/C10H18N2O2S/c1-3-9(7-11)15(13,14)12-8-10(2)5-4-6-10/h9,12H,3-6,8H2,1-2H3. The average Bonchev–Trinajstić information content (AvgIpc) is 2.13. The Kier molecular flexibility index (Phi) is 3.74. The maximum Gasteiger partial charge on any atom is 0.227 e. The summed E-state index contributed by atoms with van der Waals surface area (Å²) in [4.78, 5) is 0. The van der Waals surface area contributed by atoms with Gasteiger partial charge in [0.25, 0.3) is 0 Å². The van der Waals surface area contributed by atoms with E-state index in [0.29, 0.717) is 13.0 Å². The Hall–Kier alpha value is -0.600. The molecule has 1 atom stereocenters. The molecule has 86 valence electrons. The highest BCUT2D eigenvalue weighted by molar-refractivity contribution is 7.90. The topological polar surface area (TPSA) is 70.0 Å². The zero-order chi connectivity index (χ0) is 11.5. The molecule has 1 rings (SSSR count). The molecule has 0 spiro atoms. The predicted octanol–water partition coefficient (Wildman–Crippen LogP) is 1.40. The molecule has 1 saturated carbocycles. The molecule has 1 unspecified atom stereocenters.